The normalized spacial score (nSPS) is 15.6. The summed E-state index contributed by atoms with van der Waals surface area (Å²) < 4.78 is 0. The highest BCUT2D eigenvalue weighted by atomic mass is 16.3. The maximum atomic E-state index is 9.38. The predicted molar refractivity (Wildman–Crippen MR) is 81.4 cm³/mol. The van der Waals surface area contributed by atoms with Gasteiger partial charge in [-0.2, -0.15) is 0 Å². The Morgan fingerprint density at radius 1 is 1.45 bits per heavy atom. The number of nitrogen functional groups attached to an aromatic ring is 1. The van der Waals surface area contributed by atoms with Crippen molar-refractivity contribution in [3.63, 3.8) is 0 Å². The number of aliphatic hydroxyl groups is 1. The summed E-state index contributed by atoms with van der Waals surface area (Å²) >= 11 is 0. The number of nitrogens with one attached hydrogen (secondary N) is 1. The summed E-state index contributed by atoms with van der Waals surface area (Å²) in [6.45, 7) is 4.52. The molecule has 5 nitrogen and oxygen atoms in total. The minimum Gasteiger partial charge on any atom is -0.395 e. The molecule has 0 amide bonds. The van der Waals surface area contributed by atoms with E-state index in [4.69, 9.17) is 11.1 Å². The first-order valence-corrected chi connectivity index (χ1v) is 7.24. The summed E-state index contributed by atoms with van der Waals surface area (Å²) in [6.07, 6.45) is 4.73. The molecule has 0 bridgehead atoms. The lowest BCUT2D eigenvalue weighted by Crippen LogP contribution is -2.37. The lowest BCUT2D eigenvalue weighted by Gasteiger charge is -2.32. The summed E-state index contributed by atoms with van der Waals surface area (Å²) in [6, 6.07) is 2.42. The van der Waals surface area contributed by atoms with Crippen molar-refractivity contribution in [1.29, 1.82) is 5.41 Å². The highest BCUT2D eigenvalue weighted by molar-refractivity contribution is 6.01. The maximum absolute atomic E-state index is 9.38. The van der Waals surface area contributed by atoms with Gasteiger partial charge in [-0.05, 0) is 32.8 Å². The molecule has 2 rings (SSSR count). The number of anilines is 1. The molecular weight excluding hydrogens is 252 g/mol. The Labute approximate surface area is 120 Å². The molecule has 0 saturated heterocycles. The molecule has 1 heterocycles. The van der Waals surface area contributed by atoms with E-state index >= 15 is 0 Å². The quantitative estimate of drug-likeness (QED) is 0.564. The van der Waals surface area contributed by atoms with Crippen molar-refractivity contribution in [2.75, 3.05) is 18.1 Å². The first kappa shape index (κ1) is 14.8. The van der Waals surface area contributed by atoms with Crippen LogP contribution in [-0.4, -0.2) is 35.1 Å². The van der Waals surface area contributed by atoms with Gasteiger partial charge in [0.15, 0.2) is 0 Å². The van der Waals surface area contributed by atoms with Crippen LogP contribution in [0, 0.1) is 19.3 Å². The highest BCUT2D eigenvalue weighted by Gasteiger charge is 2.26. The van der Waals surface area contributed by atoms with Gasteiger partial charge in [0.2, 0.25) is 0 Å². The number of hydrogen-bond donors (Lipinski definition) is 3. The van der Waals surface area contributed by atoms with Crippen LogP contribution in [0.3, 0.4) is 0 Å². The standard InChI is InChI=1S/C15H24N4O/c1-10-9-13(14(15(16)17)11(2)18-10)19(7-8-20)12-5-3-4-6-12/h9,12,20H,3-8H2,1-2H3,(H3,16,17). The molecule has 1 aliphatic rings. The minimum atomic E-state index is 0.0472. The van der Waals surface area contributed by atoms with Crippen molar-refractivity contribution in [2.45, 2.75) is 45.6 Å². The Kier molecular flexibility index (Phi) is 4.60. The smallest absolute Gasteiger partial charge is 0.126 e. The van der Waals surface area contributed by atoms with Crippen LogP contribution in [0.25, 0.3) is 0 Å². The van der Waals surface area contributed by atoms with Crippen molar-refractivity contribution in [3.8, 4) is 0 Å². The fourth-order valence-electron chi connectivity index (χ4n) is 3.19. The number of aliphatic hydroxyl groups excluding tert-OH is 1. The second-order valence-corrected chi connectivity index (χ2v) is 5.51. The lowest BCUT2D eigenvalue weighted by molar-refractivity contribution is 0.297. The van der Waals surface area contributed by atoms with Crippen molar-refractivity contribution in [2.24, 2.45) is 5.73 Å². The van der Waals surface area contributed by atoms with Crippen molar-refractivity contribution in [3.05, 3.63) is 23.0 Å². The molecule has 1 aromatic heterocycles. The van der Waals surface area contributed by atoms with Crippen molar-refractivity contribution in [1.82, 2.24) is 4.98 Å². The zero-order valence-electron chi connectivity index (χ0n) is 12.3. The van der Waals surface area contributed by atoms with Gasteiger partial charge in [-0.1, -0.05) is 12.8 Å². The molecule has 4 N–H and O–H groups in total. The number of nitrogens with two attached hydrogens (primary N) is 1. The van der Waals surface area contributed by atoms with Crippen LogP contribution in [0.5, 0.6) is 0 Å². The third-order valence-electron chi connectivity index (χ3n) is 3.99. The van der Waals surface area contributed by atoms with Gasteiger partial charge in [-0.25, -0.2) is 0 Å². The summed E-state index contributed by atoms with van der Waals surface area (Å²) in [5, 5.41) is 17.2. The zero-order chi connectivity index (χ0) is 14.7. The average Bonchev–Trinajstić information content (AvgIpc) is 2.87. The largest absolute Gasteiger partial charge is 0.395 e. The molecule has 110 valence electrons. The van der Waals surface area contributed by atoms with E-state index in [0.717, 1.165) is 29.9 Å². The molecule has 20 heavy (non-hydrogen) atoms. The molecule has 0 aliphatic heterocycles. The van der Waals surface area contributed by atoms with Gasteiger partial charge in [0, 0.05) is 18.3 Å². The van der Waals surface area contributed by atoms with Crippen LogP contribution >= 0.6 is 0 Å². The average molecular weight is 276 g/mol. The van der Waals surface area contributed by atoms with Crippen molar-refractivity contribution >= 4 is 11.5 Å². The van der Waals surface area contributed by atoms with Gasteiger partial charge >= 0.3 is 0 Å². The Morgan fingerprint density at radius 2 is 2.10 bits per heavy atom. The number of rotatable bonds is 5. The molecule has 1 aliphatic carbocycles. The van der Waals surface area contributed by atoms with Crippen LogP contribution in [0.1, 0.15) is 42.6 Å². The highest BCUT2D eigenvalue weighted by Crippen LogP contribution is 2.31. The van der Waals surface area contributed by atoms with Gasteiger partial charge in [-0.15, -0.1) is 0 Å². The fraction of sp³-hybridized carbons (Fsp3) is 0.600. The summed E-state index contributed by atoms with van der Waals surface area (Å²) in [5.41, 5.74) is 9.11. The Morgan fingerprint density at radius 3 is 2.65 bits per heavy atom. The molecule has 0 unspecified atom stereocenters. The molecule has 0 radical (unpaired) electrons. The molecular formula is C15H24N4O. The van der Waals surface area contributed by atoms with E-state index in [9.17, 15) is 5.11 Å². The van der Waals surface area contributed by atoms with E-state index in [0.29, 0.717) is 18.2 Å². The van der Waals surface area contributed by atoms with E-state index in [-0.39, 0.29) is 12.4 Å². The van der Waals surface area contributed by atoms with E-state index in [1.807, 2.05) is 19.9 Å². The number of aromatic nitrogens is 1. The number of pyridine rings is 1. The van der Waals surface area contributed by atoms with Gasteiger partial charge < -0.3 is 15.7 Å². The van der Waals surface area contributed by atoms with E-state index in [1.54, 1.807) is 0 Å². The molecule has 1 saturated carbocycles. The van der Waals surface area contributed by atoms with Crippen LogP contribution in [0.2, 0.25) is 0 Å². The maximum Gasteiger partial charge on any atom is 0.126 e. The number of nitrogens with zero attached hydrogens (tertiary/aromatic N) is 2. The van der Waals surface area contributed by atoms with Crippen LogP contribution in [0.4, 0.5) is 5.69 Å². The molecule has 5 heteroatoms. The van der Waals surface area contributed by atoms with E-state index < -0.39 is 0 Å². The van der Waals surface area contributed by atoms with Gasteiger partial charge in [-0.3, -0.25) is 10.4 Å². The Balaban J connectivity index is 2.48. The topological polar surface area (TPSA) is 86.2 Å². The number of amidine groups is 1. The number of hydrogen-bond acceptors (Lipinski definition) is 4. The summed E-state index contributed by atoms with van der Waals surface area (Å²) in [7, 11) is 0. The second kappa shape index (κ2) is 6.22. The summed E-state index contributed by atoms with van der Waals surface area (Å²) in [4.78, 5) is 6.63. The second-order valence-electron chi connectivity index (χ2n) is 5.51. The Bertz CT molecular complexity index is 495. The SMILES string of the molecule is Cc1cc(N(CCO)C2CCCC2)c(C(=N)N)c(C)n1. The Hall–Kier alpha value is -1.62. The van der Waals surface area contributed by atoms with Gasteiger partial charge in [0.25, 0.3) is 0 Å². The summed E-state index contributed by atoms with van der Waals surface area (Å²) in [5.74, 6) is 0.0472. The third kappa shape index (κ3) is 2.93. The van der Waals surface area contributed by atoms with Crippen molar-refractivity contribution < 1.29 is 5.11 Å². The molecule has 1 fully saturated rings. The first-order valence-electron chi connectivity index (χ1n) is 7.24. The van der Waals surface area contributed by atoms with Crippen LogP contribution in [0.15, 0.2) is 6.07 Å². The first-order chi connectivity index (χ1) is 9.54. The van der Waals surface area contributed by atoms with E-state index in [2.05, 4.69) is 9.88 Å². The zero-order valence-corrected chi connectivity index (χ0v) is 12.3. The van der Waals surface area contributed by atoms with Gasteiger partial charge in [0.1, 0.15) is 5.84 Å². The molecule has 0 spiro atoms. The monoisotopic (exact) mass is 276 g/mol. The molecule has 0 aromatic carbocycles. The van der Waals surface area contributed by atoms with Crippen LogP contribution < -0.4 is 10.6 Å². The van der Waals surface area contributed by atoms with E-state index in [1.165, 1.54) is 12.8 Å². The molecule has 1 aromatic rings. The van der Waals surface area contributed by atoms with Crippen LogP contribution in [-0.2, 0) is 0 Å². The predicted octanol–water partition coefficient (Wildman–Crippen LogP) is 1.72. The number of aryl methyl sites for hydroxylation is 2. The van der Waals surface area contributed by atoms with Gasteiger partial charge in [0.05, 0.1) is 23.6 Å². The fourth-order valence-corrected chi connectivity index (χ4v) is 3.19. The third-order valence-corrected chi connectivity index (χ3v) is 3.99. The molecule has 0 atom stereocenters. The lowest BCUT2D eigenvalue weighted by atomic mass is 10.1. The minimum absolute atomic E-state index is 0.0472.